The maximum atomic E-state index is 12.7. The molecule has 1 saturated heterocycles. The summed E-state index contributed by atoms with van der Waals surface area (Å²) in [6.45, 7) is 3.27. The average molecular weight is 345 g/mol. The molecule has 1 aliphatic rings. The molecule has 3 rings (SSSR count). The number of hydrogen-bond acceptors (Lipinski definition) is 5. The Morgan fingerprint density at radius 1 is 1.38 bits per heavy atom. The van der Waals surface area contributed by atoms with Gasteiger partial charge in [0.25, 0.3) is 5.91 Å². The Balaban J connectivity index is 1.70. The van der Waals surface area contributed by atoms with E-state index in [1.165, 1.54) is 5.56 Å². The number of aryl methyl sites for hydroxylation is 2. The van der Waals surface area contributed by atoms with Gasteiger partial charge in [0.05, 0.1) is 12.3 Å². The van der Waals surface area contributed by atoms with Crippen LogP contribution >= 0.6 is 11.5 Å². The molecule has 1 N–H and O–H groups in total. The van der Waals surface area contributed by atoms with Crippen LogP contribution in [0.3, 0.4) is 0 Å². The molecule has 1 aromatic carbocycles. The lowest BCUT2D eigenvalue weighted by Gasteiger charge is -2.42. The predicted octanol–water partition coefficient (Wildman–Crippen LogP) is 2.69. The first-order chi connectivity index (χ1) is 11.6. The quantitative estimate of drug-likeness (QED) is 0.905. The van der Waals surface area contributed by atoms with Crippen LogP contribution < -0.4 is 0 Å². The van der Waals surface area contributed by atoms with Crippen LogP contribution in [0.25, 0.3) is 0 Å². The topological polar surface area (TPSA) is 66.3 Å². The van der Waals surface area contributed by atoms with Gasteiger partial charge in [0, 0.05) is 18.5 Å². The highest BCUT2D eigenvalue weighted by molar-refractivity contribution is 7.07. The minimum atomic E-state index is -0.213. The van der Waals surface area contributed by atoms with Crippen LogP contribution in [-0.2, 0) is 6.42 Å². The van der Waals surface area contributed by atoms with Gasteiger partial charge in [-0.25, -0.2) is 0 Å². The normalized spacial score (nSPS) is 21.0. The van der Waals surface area contributed by atoms with Gasteiger partial charge in [-0.3, -0.25) is 4.79 Å². The number of aromatic nitrogens is 2. The first-order valence-electron chi connectivity index (χ1n) is 8.37. The minimum Gasteiger partial charge on any atom is -0.396 e. The second-order valence-electron chi connectivity index (χ2n) is 6.66. The molecule has 1 fully saturated rings. The molecule has 0 aliphatic carbocycles. The highest BCUT2D eigenvalue weighted by Gasteiger charge is 2.37. The number of carbonyl (C=O) groups is 1. The Labute approximate surface area is 146 Å². The van der Waals surface area contributed by atoms with Crippen LogP contribution in [0.4, 0.5) is 0 Å². The Bertz CT molecular complexity index is 689. The second kappa shape index (κ2) is 7.40. The van der Waals surface area contributed by atoms with E-state index in [1.807, 2.05) is 30.0 Å². The standard InChI is InChI=1S/C18H23N3O2S/c1-14-16(24-20-19-14)17(23)21-11-5-9-18(12-21,13-22)10-8-15-6-3-2-4-7-15/h2-4,6-7,22H,5,8-13H2,1H3. The number of piperidine rings is 1. The Kier molecular flexibility index (Phi) is 5.26. The van der Waals surface area contributed by atoms with Crippen molar-refractivity contribution in [1.29, 1.82) is 0 Å². The van der Waals surface area contributed by atoms with Crippen LogP contribution in [0, 0.1) is 12.3 Å². The number of rotatable bonds is 5. The van der Waals surface area contributed by atoms with Crippen molar-refractivity contribution < 1.29 is 9.90 Å². The van der Waals surface area contributed by atoms with E-state index in [-0.39, 0.29) is 17.9 Å². The zero-order chi connectivity index (χ0) is 17.0. The van der Waals surface area contributed by atoms with E-state index >= 15 is 0 Å². The number of nitrogens with zero attached hydrogens (tertiary/aromatic N) is 3. The number of likely N-dealkylation sites (tertiary alicyclic amines) is 1. The van der Waals surface area contributed by atoms with Gasteiger partial charge < -0.3 is 10.0 Å². The smallest absolute Gasteiger partial charge is 0.267 e. The van der Waals surface area contributed by atoms with E-state index in [4.69, 9.17) is 0 Å². The van der Waals surface area contributed by atoms with Gasteiger partial charge in [-0.1, -0.05) is 34.8 Å². The highest BCUT2D eigenvalue weighted by atomic mass is 32.1. The Morgan fingerprint density at radius 3 is 2.83 bits per heavy atom. The molecule has 24 heavy (non-hydrogen) atoms. The van der Waals surface area contributed by atoms with Crippen molar-refractivity contribution in [2.45, 2.75) is 32.6 Å². The number of hydrogen-bond donors (Lipinski definition) is 1. The average Bonchev–Trinajstić information content (AvgIpc) is 3.06. The van der Waals surface area contributed by atoms with Crippen LogP contribution in [0.15, 0.2) is 30.3 Å². The summed E-state index contributed by atoms with van der Waals surface area (Å²) in [5, 5.41) is 14.0. The van der Waals surface area contributed by atoms with E-state index in [0.29, 0.717) is 17.1 Å². The van der Waals surface area contributed by atoms with Crippen molar-refractivity contribution in [3.63, 3.8) is 0 Å². The lowest BCUT2D eigenvalue weighted by molar-refractivity contribution is 0.0230. The molecule has 2 heterocycles. The van der Waals surface area contributed by atoms with Gasteiger partial charge in [0.1, 0.15) is 4.88 Å². The largest absolute Gasteiger partial charge is 0.396 e. The van der Waals surface area contributed by atoms with E-state index in [9.17, 15) is 9.90 Å². The third-order valence-corrected chi connectivity index (χ3v) is 5.73. The monoisotopic (exact) mass is 345 g/mol. The van der Waals surface area contributed by atoms with Gasteiger partial charge in [-0.15, -0.1) is 5.10 Å². The molecule has 0 bridgehead atoms. The van der Waals surface area contributed by atoms with Crippen molar-refractivity contribution in [1.82, 2.24) is 14.5 Å². The van der Waals surface area contributed by atoms with Gasteiger partial charge in [-0.05, 0) is 49.7 Å². The van der Waals surface area contributed by atoms with E-state index in [1.54, 1.807) is 0 Å². The molecule has 1 aliphatic heterocycles. The first-order valence-corrected chi connectivity index (χ1v) is 9.14. The fourth-order valence-corrected chi connectivity index (χ4v) is 4.04. The summed E-state index contributed by atoms with van der Waals surface area (Å²) in [6.07, 6.45) is 3.69. The number of benzene rings is 1. The molecule has 0 saturated carbocycles. The van der Waals surface area contributed by atoms with E-state index in [2.05, 4.69) is 21.7 Å². The third-order valence-electron chi connectivity index (χ3n) is 4.92. The van der Waals surface area contributed by atoms with Crippen molar-refractivity contribution in [3.8, 4) is 0 Å². The summed E-state index contributed by atoms with van der Waals surface area (Å²) < 4.78 is 3.86. The van der Waals surface area contributed by atoms with Crippen LogP contribution in [0.5, 0.6) is 0 Å². The number of aliphatic hydroxyl groups is 1. The van der Waals surface area contributed by atoms with Crippen LogP contribution in [-0.4, -0.2) is 45.2 Å². The van der Waals surface area contributed by atoms with E-state index in [0.717, 1.165) is 43.8 Å². The van der Waals surface area contributed by atoms with Gasteiger partial charge in [0.15, 0.2) is 0 Å². The molecular formula is C18H23N3O2S. The number of aliphatic hydroxyl groups excluding tert-OH is 1. The Morgan fingerprint density at radius 2 is 2.17 bits per heavy atom. The maximum Gasteiger partial charge on any atom is 0.267 e. The van der Waals surface area contributed by atoms with Crippen molar-refractivity contribution in [2.75, 3.05) is 19.7 Å². The highest BCUT2D eigenvalue weighted by Crippen LogP contribution is 2.35. The fourth-order valence-electron chi connectivity index (χ4n) is 3.42. The molecule has 0 spiro atoms. The lowest BCUT2D eigenvalue weighted by Crippen LogP contribution is -2.48. The molecule has 1 atom stereocenters. The van der Waals surface area contributed by atoms with Crippen molar-refractivity contribution in [3.05, 3.63) is 46.5 Å². The van der Waals surface area contributed by atoms with Gasteiger partial charge in [0.2, 0.25) is 0 Å². The minimum absolute atomic E-state index is 0.000244. The summed E-state index contributed by atoms with van der Waals surface area (Å²) in [5.41, 5.74) is 1.75. The lowest BCUT2D eigenvalue weighted by atomic mass is 9.76. The fraction of sp³-hybridized carbons (Fsp3) is 0.500. The summed E-state index contributed by atoms with van der Waals surface area (Å²) in [6, 6.07) is 10.3. The van der Waals surface area contributed by atoms with Crippen molar-refractivity contribution >= 4 is 17.4 Å². The zero-order valence-corrected chi connectivity index (χ0v) is 14.8. The summed E-state index contributed by atoms with van der Waals surface area (Å²) >= 11 is 1.15. The van der Waals surface area contributed by atoms with Gasteiger partial charge in [-0.2, -0.15) is 0 Å². The molecular weight excluding hydrogens is 322 g/mol. The second-order valence-corrected chi connectivity index (χ2v) is 7.42. The number of amides is 1. The molecule has 0 radical (unpaired) electrons. The summed E-state index contributed by atoms with van der Waals surface area (Å²) in [7, 11) is 0. The molecule has 1 unspecified atom stereocenters. The van der Waals surface area contributed by atoms with E-state index < -0.39 is 0 Å². The predicted molar refractivity (Wildman–Crippen MR) is 94.1 cm³/mol. The maximum absolute atomic E-state index is 12.7. The molecule has 128 valence electrons. The van der Waals surface area contributed by atoms with Crippen LogP contribution in [0.2, 0.25) is 0 Å². The van der Waals surface area contributed by atoms with Crippen molar-refractivity contribution in [2.24, 2.45) is 5.41 Å². The molecule has 2 aromatic rings. The summed E-state index contributed by atoms with van der Waals surface area (Å²) in [4.78, 5) is 15.2. The Hall–Kier alpha value is -1.79. The van der Waals surface area contributed by atoms with Crippen LogP contribution in [0.1, 0.15) is 40.2 Å². The molecule has 5 nitrogen and oxygen atoms in total. The first kappa shape index (κ1) is 17.0. The van der Waals surface area contributed by atoms with Gasteiger partial charge >= 0.3 is 0 Å². The zero-order valence-electron chi connectivity index (χ0n) is 13.9. The SMILES string of the molecule is Cc1nnsc1C(=O)N1CCCC(CO)(CCc2ccccc2)C1. The molecule has 6 heteroatoms. The third kappa shape index (κ3) is 3.65. The number of carbonyl (C=O) groups excluding carboxylic acids is 1. The molecule has 1 aromatic heterocycles. The summed E-state index contributed by atoms with van der Waals surface area (Å²) in [5.74, 6) is -0.000244. The molecule has 1 amide bonds.